The first kappa shape index (κ1) is 14.1. The molecule has 0 saturated carbocycles. The minimum absolute atomic E-state index is 0.184. The molecule has 1 aromatic rings. The van der Waals surface area contributed by atoms with E-state index in [1.807, 2.05) is 26.8 Å². The molecule has 1 fully saturated rings. The van der Waals surface area contributed by atoms with E-state index < -0.39 is 0 Å². The largest absolute Gasteiger partial charge is 0.336 e. The summed E-state index contributed by atoms with van der Waals surface area (Å²) in [4.78, 5) is 25.6. The predicted molar refractivity (Wildman–Crippen MR) is 77.1 cm³/mol. The number of amides is 1. The molecule has 0 aliphatic carbocycles. The number of hydrogen-bond acceptors (Lipinski definition) is 6. The zero-order chi connectivity index (χ0) is 14.7. The van der Waals surface area contributed by atoms with Gasteiger partial charge in [-0.25, -0.2) is 15.0 Å². The molecule has 1 unspecified atom stereocenters. The number of rotatable bonds is 2. The fourth-order valence-corrected chi connectivity index (χ4v) is 2.27. The smallest absolute Gasteiger partial charge is 0.250 e. The van der Waals surface area contributed by atoms with Crippen molar-refractivity contribution in [1.82, 2.24) is 14.9 Å². The van der Waals surface area contributed by atoms with Gasteiger partial charge in [0.1, 0.15) is 5.71 Å². The van der Waals surface area contributed by atoms with Crippen LogP contribution in [-0.2, 0) is 4.79 Å². The van der Waals surface area contributed by atoms with E-state index in [0.717, 1.165) is 23.5 Å². The summed E-state index contributed by atoms with van der Waals surface area (Å²) in [7, 11) is 0. The van der Waals surface area contributed by atoms with Crippen molar-refractivity contribution in [1.29, 1.82) is 0 Å². The third kappa shape index (κ3) is 2.81. The number of carbonyl (C=O) groups is 1. The summed E-state index contributed by atoms with van der Waals surface area (Å²) >= 11 is 0. The van der Waals surface area contributed by atoms with E-state index in [-0.39, 0.29) is 6.04 Å². The number of aliphatic imine (C=N–C) groups is 1. The Morgan fingerprint density at radius 1 is 1.40 bits per heavy atom. The second-order valence-electron chi connectivity index (χ2n) is 4.79. The molecule has 1 aliphatic heterocycles. The monoisotopic (exact) mass is 274 g/mol. The van der Waals surface area contributed by atoms with Gasteiger partial charge < -0.3 is 10.7 Å². The topological polar surface area (TPSA) is 96.8 Å². The van der Waals surface area contributed by atoms with Gasteiger partial charge in [-0.15, -0.1) is 0 Å². The first-order valence-corrected chi connectivity index (χ1v) is 6.44. The molecule has 2 rings (SSSR count). The second-order valence-corrected chi connectivity index (χ2v) is 4.79. The Bertz CT molecular complexity index is 560. The molecule has 0 aromatic carbocycles. The molecule has 2 N–H and O–H groups in total. The van der Waals surface area contributed by atoms with Crippen molar-refractivity contribution in [3.63, 3.8) is 0 Å². The van der Waals surface area contributed by atoms with E-state index in [9.17, 15) is 4.79 Å². The van der Waals surface area contributed by atoms with Gasteiger partial charge in [0.05, 0.1) is 11.8 Å². The fourth-order valence-electron chi connectivity index (χ4n) is 2.27. The van der Waals surface area contributed by atoms with Crippen LogP contribution in [0.2, 0.25) is 0 Å². The average molecular weight is 274 g/mol. The molecule has 1 aromatic heterocycles. The number of nitrogens with zero attached hydrogens (tertiary/aromatic N) is 5. The highest BCUT2D eigenvalue weighted by atomic mass is 16.1. The van der Waals surface area contributed by atoms with Gasteiger partial charge in [0, 0.05) is 24.4 Å². The van der Waals surface area contributed by atoms with Gasteiger partial charge in [0.2, 0.25) is 12.4 Å². The molecular formula is C13H18N6O. The number of aryl methyl sites for hydroxylation is 2. The van der Waals surface area contributed by atoms with E-state index in [1.165, 1.54) is 0 Å². The summed E-state index contributed by atoms with van der Waals surface area (Å²) in [6.07, 6.45) is 1.40. The molecule has 106 valence electrons. The molecule has 1 atom stereocenters. The molecular weight excluding hydrogens is 256 g/mol. The maximum Gasteiger partial charge on any atom is 0.250 e. The van der Waals surface area contributed by atoms with Crippen LogP contribution in [0.4, 0.5) is 5.95 Å². The van der Waals surface area contributed by atoms with Gasteiger partial charge in [0.15, 0.2) is 0 Å². The van der Waals surface area contributed by atoms with Crippen LogP contribution in [0, 0.1) is 13.8 Å². The Morgan fingerprint density at radius 2 is 2.05 bits per heavy atom. The second kappa shape index (κ2) is 5.77. The van der Waals surface area contributed by atoms with Crippen molar-refractivity contribution >= 4 is 23.8 Å². The van der Waals surface area contributed by atoms with Gasteiger partial charge in [-0.05, 0) is 26.8 Å². The van der Waals surface area contributed by atoms with Crippen molar-refractivity contribution in [2.45, 2.75) is 33.2 Å². The lowest BCUT2D eigenvalue weighted by atomic mass is 9.99. The summed E-state index contributed by atoms with van der Waals surface area (Å²) in [6.45, 7) is 6.26. The summed E-state index contributed by atoms with van der Waals surface area (Å²) in [6, 6.07) is 1.70. The van der Waals surface area contributed by atoms with E-state index in [4.69, 9.17) is 5.84 Å². The van der Waals surface area contributed by atoms with Crippen LogP contribution in [0.5, 0.6) is 0 Å². The van der Waals surface area contributed by atoms with Crippen molar-refractivity contribution in [2.75, 3.05) is 6.54 Å². The highest BCUT2D eigenvalue weighted by Crippen LogP contribution is 2.15. The fraction of sp³-hybridized carbons (Fsp3) is 0.462. The minimum atomic E-state index is -0.184. The molecule has 1 aliphatic rings. The third-order valence-corrected chi connectivity index (χ3v) is 3.28. The van der Waals surface area contributed by atoms with Gasteiger partial charge in [0.25, 0.3) is 0 Å². The maximum absolute atomic E-state index is 11.0. The van der Waals surface area contributed by atoms with E-state index in [2.05, 4.69) is 20.1 Å². The molecule has 0 radical (unpaired) electrons. The highest BCUT2D eigenvalue weighted by Gasteiger charge is 2.28. The molecule has 2 heterocycles. The Kier molecular flexibility index (Phi) is 4.07. The predicted octanol–water partition coefficient (Wildman–Crippen LogP) is 0.731. The lowest BCUT2D eigenvalue weighted by molar-refractivity contribution is -0.118. The van der Waals surface area contributed by atoms with Crippen molar-refractivity contribution < 1.29 is 4.79 Å². The normalized spacial score (nSPS) is 23.4. The molecule has 0 bridgehead atoms. The van der Waals surface area contributed by atoms with Crippen molar-refractivity contribution in [2.24, 2.45) is 15.9 Å². The number of hydrazone groups is 1. The van der Waals surface area contributed by atoms with Crippen LogP contribution in [-0.4, -0.2) is 45.3 Å². The van der Waals surface area contributed by atoms with E-state index in [0.29, 0.717) is 24.6 Å². The zero-order valence-electron chi connectivity index (χ0n) is 11.9. The van der Waals surface area contributed by atoms with Crippen LogP contribution in [0.15, 0.2) is 16.2 Å². The van der Waals surface area contributed by atoms with Gasteiger partial charge in [-0.3, -0.25) is 4.79 Å². The lowest BCUT2D eigenvalue weighted by Crippen LogP contribution is -2.48. The summed E-state index contributed by atoms with van der Waals surface area (Å²) < 4.78 is 0. The summed E-state index contributed by atoms with van der Waals surface area (Å²) in [5.41, 5.74) is 3.07. The Hall–Kier alpha value is -2.31. The minimum Gasteiger partial charge on any atom is -0.336 e. The summed E-state index contributed by atoms with van der Waals surface area (Å²) in [5, 5.41) is 3.78. The van der Waals surface area contributed by atoms with Crippen molar-refractivity contribution in [3.8, 4) is 0 Å². The number of aromatic nitrogens is 2. The van der Waals surface area contributed by atoms with Crippen LogP contribution in [0.25, 0.3) is 0 Å². The molecule has 1 amide bonds. The van der Waals surface area contributed by atoms with E-state index >= 15 is 0 Å². The number of hydrogen-bond donors (Lipinski definition) is 1. The molecule has 1 saturated heterocycles. The quantitative estimate of drug-likeness (QED) is 0.488. The Morgan fingerprint density at radius 3 is 2.60 bits per heavy atom. The highest BCUT2D eigenvalue weighted by molar-refractivity contribution is 6.45. The Labute approximate surface area is 117 Å². The first-order chi connectivity index (χ1) is 9.55. The van der Waals surface area contributed by atoms with Crippen LogP contribution in [0.3, 0.4) is 0 Å². The van der Waals surface area contributed by atoms with Crippen LogP contribution in [0.1, 0.15) is 24.7 Å². The summed E-state index contributed by atoms with van der Waals surface area (Å²) in [5.74, 6) is 5.85. The Balaban J connectivity index is 2.36. The van der Waals surface area contributed by atoms with Gasteiger partial charge in [-0.1, -0.05) is 0 Å². The van der Waals surface area contributed by atoms with Crippen LogP contribution >= 0.6 is 0 Å². The molecule has 0 spiro atoms. The number of nitrogens with two attached hydrogens (primary N) is 1. The molecule has 7 heteroatoms. The molecule has 7 nitrogen and oxygen atoms in total. The van der Waals surface area contributed by atoms with Gasteiger partial charge >= 0.3 is 0 Å². The number of carbonyl (C=O) groups excluding carboxylic acids is 1. The number of likely N-dealkylation sites (tertiary alicyclic amines) is 1. The van der Waals surface area contributed by atoms with E-state index in [1.54, 1.807) is 4.90 Å². The SMILES string of the molecule is Cc1cc(C)nc(N=C2CCN(C=O)C(C)C2=NN)n1. The van der Waals surface area contributed by atoms with Crippen LogP contribution < -0.4 is 5.84 Å². The lowest BCUT2D eigenvalue weighted by Gasteiger charge is -2.31. The zero-order valence-corrected chi connectivity index (χ0v) is 11.9. The number of piperidine rings is 1. The third-order valence-electron chi connectivity index (χ3n) is 3.28. The molecule has 20 heavy (non-hydrogen) atoms. The maximum atomic E-state index is 11.0. The standard InChI is InChI=1S/C13H18N6O/c1-8-6-9(2)16-13(15-8)17-11-4-5-19(7-20)10(3)12(11)18-14/h6-7,10H,4-5,14H2,1-3H3. The first-order valence-electron chi connectivity index (χ1n) is 6.44. The van der Waals surface area contributed by atoms with Gasteiger partial charge in [-0.2, -0.15) is 5.10 Å². The average Bonchev–Trinajstić information content (AvgIpc) is 2.38. The van der Waals surface area contributed by atoms with Crippen molar-refractivity contribution in [3.05, 3.63) is 17.5 Å².